The molecule has 4 aromatic rings. The molecule has 51 heavy (non-hydrogen) atoms. The van der Waals surface area contributed by atoms with Crippen molar-refractivity contribution in [3.63, 3.8) is 0 Å². The summed E-state index contributed by atoms with van der Waals surface area (Å²) in [5.74, 6) is 2.37. The number of anilines is 3. The largest absolute Gasteiger partial charge is 0.489 e. The number of ether oxygens (including phenoxy) is 1. The standard InChI is InChI=1S/C49H41NO/c1-3-12-38(13-4-1)50(40-27-21-34(22-28-40)46-32-36-11-7-8-14-41(36)43-15-5-2-6-16-44(43)46)39-25-19-33(20-26-39)35-23-29-42-37(31-35)24-30-48-49(42)45-17-9-10-18-47(45)51-48/h1,3-5,7-15,17-23,25-29,31-32,36,41,45,47H,2,6,16,24,30H2. The molecule has 0 spiro atoms. The zero-order chi connectivity index (χ0) is 33.7. The first-order chi connectivity index (χ1) is 25.3. The number of benzene rings is 4. The molecule has 0 aromatic heterocycles. The minimum atomic E-state index is 0.148. The molecule has 5 aliphatic carbocycles. The highest BCUT2D eigenvalue weighted by Crippen LogP contribution is 2.48. The van der Waals surface area contributed by atoms with Crippen LogP contribution in [0.25, 0.3) is 22.3 Å². The van der Waals surface area contributed by atoms with Crippen molar-refractivity contribution in [1.29, 1.82) is 0 Å². The van der Waals surface area contributed by atoms with Gasteiger partial charge in [-0.1, -0.05) is 121 Å². The van der Waals surface area contributed by atoms with Gasteiger partial charge in [-0.2, -0.15) is 0 Å². The van der Waals surface area contributed by atoms with Crippen LogP contribution in [0.5, 0.6) is 0 Å². The third kappa shape index (κ3) is 5.33. The number of fused-ring (bicyclic) bond motifs is 6. The molecule has 6 aliphatic rings. The third-order valence-corrected chi connectivity index (χ3v) is 11.6. The normalized spacial score (nSPS) is 23.8. The number of para-hydroxylation sites is 1. The topological polar surface area (TPSA) is 12.5 Å². The van der Waals surface area contributed by atoms with Gasteiger partial charge in [0.15, 0.2) is 0 Å². The Hall–Kier alpha value is -5.60. The van der Waals surface area contributed by atoms with E-state index in [1.165, 1.54) is 62.3 Å². The second kappa shape index (κ2) is 12.6. The van der Waals surface area contributed by atoms with Gasteiger partial charge in [0.05, 0.1) is 0 Å². The number of hydrogen-bond acceptors (Lipinski definition) is 2. The quantitative estimate of drug-likeness (QED) is 0.211. The molecule has 0 saturated carbocycles. The molecule has 0 amide bonds. The Bertz CT molecular complexity index is 2250. The number of rotatable bonds is 5. The lowest BCUT2D eigenvalue weighted by molar-refractivity contribution is 0.158. The van der Waals surface area contributed by atoms with Gasteiger partial charge >= 0.3 is 0 Å². The van der Waals surface area contributed by atoms with Crippen molar-refractivity contribution in [2.75, 3.05) is 4.90 Å². The number of nitrogens with zero attached hydrogens (tertiary/aromatic N) is 1. The molecule has 0 bridgehead atoms. The predicted molar refractivity (Wildman–Crippen MR) is 212 cm³/mol. The van der Waals surface area contributed by atoms with Crippen LogP contribution in [-0.4, -0.2) is 6.10 Å². The van der Waals surface area contributed by atoms with Crippen LogP contribution in [0.2, 0.25) is 0 Å². The SMILES string of the molecule is C1=CC2C=C(c3ccc(N(c4ccccc4)c4ccc(-c5ccc6c(c5)CCC5=C6C6C=CC=CC6O5)cc4)cc3)C3=C(C=CCCC3)C2C=C1. The number of hydrogen-bond donors (Lipinski definition) is 0. The van der Waals surface area contributed by atoms with Crippen LogP contribution in [0.3, 0.4) is 0 Å². The summed E-state index contributed by atoms with van der Waals surface area (Å²) in [6.45, 7) is 0. The van der Waals surface area contributed by atoms with E-state index in [0.717, 1.165) is 42.7 Å². The van der Waals surface area contributed by atoms with Crippen LogP contribution in [0, 0.1) is 17.8 Å². The van der Waals surface area contributed by atoms with Crippen molar-refractivity contribution >= 4 is 28.2 Å². The maximum absolute atomic E-state index is 6.36. The van der Waals surface area contributed by atoms with Crippen LogP contribution in [0.15, 0.2) is 181 Å². The predicted octanol–water partition coefficient (Wildman–Crippen LogP) is 12.4. The summed E-state index contributed by atoms with van der Waals surface area (Å²) in [5, 5.41) is 0. The van der Waals surface area contributed by atoms with E-state index in [0.29, 0.717) is 17.8 Å². The van der Waals surface area contributed by atoms with Crippen molar-refractivity contribution in [2.24, 2.45) is 17.8 Å². The maximum atomic E-state index is 6.36. The van der Waals surface area contributed by atoms with Crippen molar-refractivity contribution in [1.82, 2.24) is 0 Å². The van der Waals surface area contributed by atoms with Crippen LogP contribution < -0.4 is 4.90 Å². The molecule has 4 unspecified atom stereocenters. The molecule has 0 N–H and O–H groups in total. The molecule has 248 valence electrons. The van der Waals surface area contributed by atoms with Crippen molar-refractivity contribution in [2.45, 2.75) is 38.2 Å². The summed E-state index contributed by atoms with van der Waals surface area (Å²) >= 11 is 0. The number of allylic oxidation sites excluding steroid dienone is 13. The van der Waals surface area contributed by atoms with E-state index in [9.17, 15) is 0 Å². The molecule has 2 nitrogen and oxygen atoms in total. The zero-order valence-electron chi connectivity index (χ0n) is 28.8. The summed E-state index contributed by atoms with van der Waals surface area (Å²) in [6.07, 6.45) is 30.9. The Labute approximate surface area is 301 Å². The molecule has 4 aromatic carbocycles. The fourth-order valence-corrected chi connectivity index (χ4v) is 9.12. The average molecular weight is 660 g/mol. The zero-order valence-corrected chi connectivity index (χ0v) is 28.8. The Morgan fingerprint density at radius 3 is 2.14 bits per heavy atom. The Morgan fingerprint density at radius 1 is 0.608 bits per heavy atom. The highest BCUT2D eigenvalue weighted by atomic mass is 16.5. The van der Waals surface area contributed by atoms with E-state index in [-0.39, 0.29) is 6.10 Å². The second-order valence-electron chi connectivity index (χ2n) is 14.5. The summed E-state index contributed by atoms with van der Waals surface area (Å²) < 4.78 is 6.36. The Kier molecular flexibility index (Phi) is 7.48. The number of aryl methyl sites for hydroxylation is 1. The van der Waals surface area contributed by atoms with Crippen molar-refractivity contribution < 1.29 is 4.74 Å². The smallest absolute Gasteiger partial charge is 0.127 e. The molecule has 0 fully saturated rings. The molecule has 2 heteroatoms. The molecular formula is C49H41NO. The molecule has 0 saturated heterocycles. The van der Waals surface area contributed by atoms with Crippen LogP contribution in [0.4, 0.5) is 17.1 Å². The van der Waals surface area contributed by atoms with E-state index in [1.807, 2.05) is 0 Å². The fourth-order valence-electron chi connectivity index (χ4n) is 9.12. The first-order valence-electron chi connectivity index (χ1n) is 18.7. The molecule has 10 rings (SSSR count). The molecular weight excluding hydrogens is 619 g/mol. The first kappa shape index (κ1) is 30.2. The minimum Gasteiger partial charge on any atom is -0.489 e. The van der Waals surface area contributed by atoms with E-state index >= 15 is 0 Å². The summed E-state index contributed by atoms with van der Waals surface area (Å²) in [4.78, 5) is 2.37. The van der Waals surface area contributed by atoms with Crippen LogP contribution in [0.1, 0.15) is 42.4 Å². The molecule has 1 heterocycles. The summed E-state index contributed by atoms with van der Waals surface area (Å²) in [7, 11) is 0. The lowest BCUT2D eigenvalue weighted by Crippen LogP contribution is -2.19. The lowest BCUT2D eigenvalue weighted by atomic mass is 9.72. The van der Waals surface area contributed by atoms with Crippen LogP contribution in [-0.2, 0) is 11.2 Å². The fraction of sp³-hybridized carbons (Fsp3) is 0.184. The van der Waals surface area contributed by atoms with E-state index in [1.54, 1.807) is 0 Å². The van der Waals surface area contributed by atoms with Gasteiger partial charge < -0.3 is 9.64 Å². The minimum absolute atomic E-state index is 0.148. The van der Waals surface area contributed by atoms with Crippen LogP contribution >= 0.6 is 0 Å². The van der Waals surface area contributed by atoms with E-state index in [2.05, 4.69) is 169 Å². The van der Waals surface area contributed by atoms with Crippen molar-refractivity contribution in [3.05, 3.63) is 197 Å². The Balaban J connectivity index is 0.958. The van der Waals surface area contributed by atoms with E-state index < -0.39 is 0 Å². The first-order valence-corrected chi connectivity index (χ1v) is 18.7. The molecule has 4 atom stereocenters. The van der Waals surface area contributed by atoms with Gasteiger partial charge in [-0.25, -0.2) is 0 Å². The van der Waals surface area contributed by atoms with Gasteiger partial charge in [-0.15, -0.1) is 0 Å². The average Bonchev–Trinajstić information content (AvgIpc) is 3.40. The van der Waals surface area contributed by atoms with Gasteiger partial charge in [0.2, 0.25) is 0 Å². The highest BCUT2D eigenvalue weighted by molar-refractivity contribution is 5.86. The maximum Gasteiger partial charge on any atom is 0.127 e. The van der Waals surface area contributed by atoms with Gasteiger partial charge in [-0.3, -0.25) is 0 Å². The second-order valence-corrected chi connectivity index (χ2v) is 14.5. The Morgan fingerprint density at radius 2 is 1.31 bits per heavy atom. The van der Waals surface area contributed by atoms with E-state index in [4.69, 9.17) is 4.74 Å². The van der Waals surface area contributed by atoms with Gasteiger partial charge in [-0.05, 0) is 113 Å². The monoisotopic (exact) mass is 659 g/mol. The highest BCUT2D eigenvalue weighted by Gasteiger charge is 2.38. The summed E-state index contributed by atoms with van der Waals surface area (Å²) in [6, 6.07) is 36.1. The molecule has 1 aliphatic heterocycles. The summed E-state index contributed by atoms with van der Waals surface area (Å²) in [5.41, 5.74) is 15.9. The van der Waals surface area contributed by atoms with Gasteiger partial charge in [0.25, 0.3) is 0 Å². The molecule has 0 radical (unpaired) electrons. The lowest BCUT2D eigenvalue weighted by Gasteiger charge is -2.32. The van der Waals surface area contributed by atoms with Crippen molar-refractivity contribution in [3.8, 4) is 11.1 Å². The third-order valence-electron chi connectivity index (χ3n) is 11.6. The van der Waals surface area contributed by atoms with Gasteiger partial charge in [0.1, 0.15) is 11.9 Å². The van der Waals surface area contributed by atoms with Gasteiger partial charge in [0, 0.05) is 46.8 Å².